The molecule has 0 unspecified atom stereocenters. The third-order valence-corrected chi connectivity index (χ3v) is 5.30. The Morgan fingerprint density at radius 2 is 1.81 bits per heavy atom. The lowest BCUT2D eigenvalue weighted by Gasteiger charge is -2.40. The van der Waals surface area contributed by atoms with Crippen LogP contribution >= 0.6 is 0 Å². The molecule has 1 aromatic heterocycles. The van der Waals surface area contributed by atoms with Gasteiger partial charge in [-0.15, -0.1) is 0 Å². The van der Waals surface area contributed by atoms with Gasteiger partial charge in [0.15, 0.2) is 0 Å². The van der Waals surface area contributed by atoms with E-state index in [4.69, 9.17) is 0 Å². The van der Waals surface area contributed by atoms with E-state index < -0.39 is 5.60 Å². The lowest BCUT2D eigenvalue weighted by Crippen LogP contribution is -2.44. The van der Waals surface area contributed by atoms with E-state index in [1.165, 1.54) is 17.0 Å². The number of aromatic nitrogens is 1. The minimum absolute atomic E-state index is 0.401. The normalized spacial score (nSPS) is 20.7. The summed E-state index contributed by atoms with van der Waals surface area (Å²) in [5.41, 5.74) is 3.92. The molecule has 0 amide bonds. The van der Waals surface area contributed by atoms with Crippen LogP contribution in [0.15, 0.2) is 6.07 Å². The summed E-state index contributed by atoms with van der Waals surface area (Å²) in [4.78, 5) is 0. The molecule has 1 aliphatic carbocycles. The van der Waals surface area contributed by atoms with Crippen LogP contribution in [-0.2, 0) is 13.1 Å². The molecular weight excluding hydrogens is 260 g/mol. The highest BCUT2D eigenvalue weighted by molar-refractivity contribution is 5.26. The van der Waals surface area contributed by atoms with Crippen LogP contribution in [0.25, 0.3) is 0 Å². The molecule has 3 nitrogen and oxygen atoms in total. The van der Waals surface area contributed by atoms with Gasteiger partial charge in [-0.3, -0.25) is 0 Å². The number of rotatable bonds is 5. The quantitative estimate of drug-likeness (QED) is 0.871. The summed E-state index contributed by atoms with van der Waals surface area (Å²) in [6.07, 6.45) is 4.08. The Labute approximate surface area is 129 Å². The van der Waals surface area contributed by atoms with Gasteiger partial charge in [0.25, 0.3) is 0 Å². The molecule has 0 atom stereocenters. The van der Waals surface area contributed by atoms with Crippen LogP contribution in [0, 0.1) is 19.3 Å². The predicted octanol–water partition coefficient (Wildman–Crippen LogP) is 3.55. The topological polar surface area (TPSA) is 37.2 Å². The first-order chi connectivity index (χ1) is 9.76. The van der Waals surface area contributed by atoms with Gasteiger partial charge in [-0.25, -0.2) is 0 Å². The van der Waals surface area contributed by atoms with Gasteiger partial charge in [0, 0.05) is 31.0 Å². The standard InChI is InChI=1S/C18H32N2O/c1-6-20-14(2)11-16(15(20)3)12-19-13-18(21)9-7-17(4,5)8-10-18/h11,19,21H,6-10,12-13H2,1-5H3. The smallest absolute Gasteiger partial charge is 0.0772 e. The fraction of sp³-hybridized carbons (Fsp3) is 0.778. The summed E-state index contributed by atoms with van der Waals surface area (Å²) in [6, 6.07) is 2.26. The molecule has 1 heterocycles. The van der Waals surface area contributed by atoms with Crippen LogP contribution in [0.5, 0.6) is 0 Å². The molecule has 3 heteroatoms. The molecule has 120 valence electrons. The van der Waals surface area contributed by atoms with Crippen LogP contribution in [0.3, 0.4) is 0 Å². The van der Waals surface area contributed by atoms with Crippen molar-refractivity contribution in [3.8, 4) is 0 Å². The van der Waals surface area contributed by atoms with Crippen molar-refractivity contribution in [3.63, 3.8) is 0 Å². The number of aryl methyl sites for hydroxylation is 1. The number of hydrogen-bond acceptors (Lipinski definition) is 2. The van der Waals surface area contributed by atoms with E-state index in [0.717, 1.165) is 38.8 Å². The molecule has 1 saturated carbocycles. The molecule has 2 N–H and O–H groups in total. The molecule has 0 aliphatic heterocycles. The van der Waals surface area contributed by atoms with E-state index in [0.29, 0.717) is 12.0 Å². The average Bonchev–Trinajstić information content (AvgIpc) is 2.68. The molecule has 1 aromatic rings. The average molecular weight is 292 g/mol. The van der Waals surface area contributed by atoms with Gasteiger partial charge in [0.05, 0.1) is 5.60 Å². The first kappa shape index (κ1) is 16.6. The van der Waals surface area contributed by atoms with Crippen molar-refractivity contribution in [3.05, 3.63) is 23.0 Å². The summed E-state index contributed by atoms with van der Waals surface area (Å²) in [5, 5.41) is 14.2. The lowest BCUT2D eigenvalue weighted by atomic mass is 9.71. The second-order valence-electron chi connectivity index (χ2n) is 7.63. The number of nitrogens with one attached hydrogen (secondary N) is 1. The lowest BCUT2D eigenvalue weighted by molar-refractivity contribution is -0.0245. The summed E-state index contributed by atoms with van der Waals surface area (Å²) < 4.78 is 2.34. The highest BCUT2D eigenvalue weighted by atomic mass is 16.3. The second-order valence-corrected chi connectivity index (χ2v) is 7.63. The maximum Gasteiger partial charge on any atom is 0.0772 e. The van der Waals surface area contributed by atoms with Crippen LogP contribution in [-0.4, -0.2) is 21.8 Å². The van der Waals surface area contributed by atoms with Crippen LogP contribution in [0.1, 0.15) is 63.4 Å². The van der Waals surface area contributed by atoms with Crippen LogP contribution in [0.2, 0.25) is 0 Å². The molecule has 1 fully saturated rings. The molecule has 2 rings (SSSR count). The van der Waals surface area contributed by atoms with Gasteiger partial charge in [0.2, 0.25) is 0 Å². The molecular formula is C18H32N2O. The van der Waals surface area contributed by atoms with Crippen molar-refractivity contribution in [2.75, 3.05) is 6.54 Å². The first-order valence-electron chi connectivity index (χ1n) is 8.35. The Hall–Kier alpha value is -0.800. The van der Waals surface area contributed by atoms with E-state index in [9.17, 15) is 5.11 Å². The number of aliphatic hydroxyl groups is 1. The molecule has 0 radical (unpaired) electrons. The minimum Gasteiger partial charge on any atom is -0.389 e. The first-order valence-corrected chi connectivity index (χ1v) is 8.35. The van der Waals surface area contributed by atoms with Crippen molar-refractivity contribution in [2.45, 2.75) is 79.0 Å². The van der Waals surface area contributed by atoms with Crippen molar-refractivity contribution >= 4 is 0 Å². The molecule has 0 bridgehead atoms. The monoisotopic (exact) mass is 292 g/mol. The van der Waals surface area contributed by atoms with Gasteiger partial charge in [-0.05, 0) is 63.5 Å². The second kappa shape index (κ2) is 6.13. The summed E-state index contributed by atoms with van der Waals surface area (Å²) >= 11 is 0. The molecule has 0 spiro atoms. The summed E-state index contributed by atoms with van der Waals surface area (Å²) in [6.45, 7) is 13.7. The Kier molecular flexibility index (Phi) is 4.84. The van der Waals surface area contributed by atoms with Crippen LogP contribution in [0.4, 0.5) is 0 Å². The van der Waals surface area contributed by atoms with Gasteiger partial charge >= 0.3 is 0 Å². The molecule has 0 saturated heterocycles. The van der Waals surface area contributed by atoms with Crippen molar-refractivity contribution < 1.29 is 5.11 Å². The van der Waals surface area contributed by atoms with Crippen LogP contribution < -0.4 is 5.32 Å². The van der Waals surface area contributed by atoms with E-state index in [2.05, 4.69) is 50.6 Å². The Morgan fingerprint density at radius 1 is 1.19 bits per heavy atom. The number of hydrogen-bond donors (Lipinski definition) is 2. The summed E-state index contributed by atoms with van der Waals surface area (Å²) in [5.74, 6) is 0. The van der Waals surface area contributed by atoms with Crippen molar-refractivity contribution in [1.82, 2.24) is 9.88 Å². The minimum atomic E-state index is -0.508. The fourth-order valence-electron chi connectivity index (χ4n) is 3.54. The third-order valence-electron chi connectivity index (χ3n) is 5.30. The maximum atomic E-state index is 10.7. The van der Waals surface area contributed by atoms with E-state index in [1.54, 1.807) is 0 Å². The van der Waals surface area contributed by atoms with Crippen molar-refractivity contribution in [2.24, 2.45) is 5.41 Å². The largest absolute Gasteiger partial charge is 0.389 e. The zero-order valence-electron chi connectivity index (χ0n) is 14.4. The van der Waals surface area contributed by atoms with Gasteiger partial charge in [-0.1, -0.05) is 13.8 Å². The zero-order chi connectivity index (χ0) is 15.7. The summed E-state index contributed by atoms with van der Waals surface area (Å²) in [7, 11) is 0. The van der Waals surface area contributed by atoms with E-state index in [-0.39, 0.29) is 0 Å². The van der Waals surface area contributed by atoms with Crippen molar-refractivity contribution in [1.29, 1.82) is 0 Å². The SMILES string of the molecule is CCn1c(C)cc(CNCC2(O)CCC(C)(C)CC2)c1C. The molecule has 1 aliphatic rings. The van der Waals surface area contributed by atoms with E-state index >= 15 is 0 Å². The van der Waals surface area contributed by atoms with Gasteiger partial charge in [-0.2, -0.15) is 0 Å². The Morgan fingerprint density at radius 3 is 2.33 bits per heavy atom. The Bertz CT molecular complexity index is 478. The molecule has 21 heavy (non-hydrogen) atoms. The fourth-order valence-corrected chi connectivity index (χ4v) is 3.54. The predicted molar refractivity (Wildman–Crippen MR) is 88.5 cm³/mol. The zero-order valence-corrected chi connectivity index (χ0v) is 14.4. The number of nitrogens with zero attached hydrogens (tertiary/aromatic N) is 1. The highest BCUT2D eigenvalue weighted by Gasteiger charge is 2.36. The maximum absolute atomic E-state index is 10.7. The third kappa shape index (κ3) is 3.89. The van der Waals surface area contributed by atoms with E-state index in [1.807, 2.05) is 0 Å². The van der Waals surface area contributed by atoms with Gasteiger partial charge in [0.1, 0.15) is 0 Å². The highest BCUT2D eigenvalue weighted by Crippen LogP contribution is 2.39. The molecule has 0 aromatic carbocycles. The Balaban J connectivity index is 1.87. The van der Waals surface area contributed by atoms with Gasteiger partial charge < -0.3 is 15.0 Å².